The van der Waals surface area contributed by atoms with Gasteiger partial charge in [-0.1, -0.05) is 23.2 Å². The van der Waals surface area contributed by atoms with Gasteiger partial charge in [-0.3, -0.25) is 10.1 Å². The van der Waals surface area contributed by atoms with E-state index >= 15 is 0 Å². The van der Waals surface area contributed by atoms with Crippen molar-refractivity contribution in [1.29, 1.82) is 0 Å². The fourth-order valence-electron chi connectivity index (χ4n) is 2.71. The van der Waals surface area contributed by atoms with Crippen molar-refractivity contribution < 1.29 is 4.92 Å². The maximum atomic E-state index is 11.2. The third kappa shape index (κ3) is 3.16. The van der Waals surface area contributed by atoms with Crippen LogP contribution >= 0.6 is 23.2 Å². The Kier molecular flexibility index (Phi) is 5.07. The summed E-state index contributed by atoms with van der Waals surface area (Å²) in [5, 5.41) is 11.8. The summed E-state index contributed by atoms with van der Waals surface area (Å²) in [6.45, 7) is 1.35. The maximum Gasteiger partial charge on any atom is 0.294 e. The first kappa shape index (κ1) is 15.4. The number of hydrogen-bond donors (Lipinski definition) is 1. The van der Waals surface area contributed by atoms with E-state index in [4.69, 9.17) is 28.9 Å². The Bertz CT molecular complexity index is 509. The molecule has 1 aromatic carbocycles. The Labute approximate surface area is 127 Å². The molecule has 2 rings (SSSR count). The Morgan fingerprint density at radius 3 is 2.70 bits per heavy atom. The molecule has 0 aliphatic carbocycles. The minimum Gasteiger partial charge on any atom is -0.363 e. The van der Waals surface area contributed by atoms with Gasteiger partial charge in [-0.15, -0.1) is 0 Å². The number of benzene rings is 1. The second kappa shape index (κ2) is 6.61. The zero-order chi connectivity index (χ0) is 14.7. The molecule has 20 heavy (non-hydrogen) atoms. The van der Waals surface area contributed by atoms with E-state index < -0.39 is 4.92 Å². The number of piperidine rings is 1. The Morgan fingerprint density at radius 2 is 2.05 bits per heavy atom. The highest BCUT2D eigenvalue weighted by molar-refractivity contribution is 6.42. The van der Waals surface area contributed by atoms with Crippen molar-refractivity contribution in [3.05, 3.63) is 32.3 Å². The van der Waals surface area contributed by atoms with Crippen LogP contribution in [0.3, 0.4) is 0 Å². The van der Waals surface area contributed by atoms with Gasteiger partial charge in [-0.05, 0) is 38.3 Å². The molecule has 1 aliphatic heterocycles. The lowest BCUT2D eigenvalue weighted by Crippen LogP contribution is -2.41. The van der Waals surface area contributed by atoms with E-state index in [-0.39, 0.29) is 16.8 Å². The third-order valence-electron chi connectivity index (χ3n) is 3.65. The van der Waals surface area contributed by atoms with E-state index in [2.05, 4.69) is 4.90 Å². The van der Waals surface area contributed by atoms with Crippen LogP contribution in [0.15, 0.2) is 12.1 Å². The van der Waals surface area contributed by atoms with Gasteiger partial charge in [0, 0.05) is 18.7 Å². The predicted molar refractivity (Wildman–Crippen MR) is 81.8 cm³/mol. The van der Waals surface area contributed by atoms with E-state index in [9.17, 15) is 10.1 Å². The van der Waals surface area contributed by atoms with Gasteiger partial charge < -0.3 is 10.6 Å². The number of anilines is 1. The number of halogens is 2. The molecule has 0 spiro atoms. The van der Waals surface area contributed by atoms with Crippen molar-refractivity contribution in [2.24, 2.45) is 5.73 Å². The molecule has 5 nitrogen and oxygen atoms in total. The van der Waals surface area contributed by atoms with Crippen molar-refractivity contribution in [3.8, 4) is 0 Å². The smallest absolute Gasteiger partial charge is 0.294 e. The molecule has 0 amide bonds. The van der Waals surface area contributed by atoms with Crippen LogP contribution in [0, 0.1) is 10.1 Å². The van der Waals surface area contributed by atoms with Crippen molar-refractivity contribution >= 4 is 34.6 Å². The summed E-state index contributed by atoms with van der Waals surface area (Å²) in [5.41, 5.74) is 6.19. The van der Waals surface area contributed by atoms with Gasteiger partial charge >= 0.3 is 0 Å². The molecule has 1 aliphatic rings. The van der Waals surface area contributed by atoms with Gasteiger partial charge in [0.25, 0.3) is 5.69 Å². The van der Waals surface area contributed by atoms with Gasteiger partial charge in [0.1, 0.15) is 5.69 Å². The fourth-order valence-corrected chi connectivity index (χ4v) is 3.03. The van der Waals surface area contributed by atoms with E-state index in [1.807, 2.05) is 0 Å². The molecule has 1 heterocycles. The largest absolute Gasteiger partial charge is 0.363 e. The second-order valence-corrected chi connectivity index (χ2v) is 5.75. The summed E-state index contributed by atoms with van der Waals surface area (Å²) in [4.78, 5) is 12.9. The lowest BCUT2D eigenvalue weighted by molar-refractivity contribution is -0.384. The van der Waals surface area contributed by atoms with E-state index in [0.29, 0.717) is 17.3 Å². The summed E-state index contributed by atoms with van der Waals surface area (Å²) >= 11 is 11.9. The third-order valence-corrected chi connectivity index (χ3v) is 4.37. The number of hydrogen-bond acceptors (Lipinski definition) is 4. The SMILES string of the molecule is NCCC1CCCCN1c1cc(Cl)c(Cl)cc1[N+](=O)[O-]. The lowest BCUT2D eigenvalue weighted by atomic mass is 9.98. The lowest BCUT2D eigenvalue weighted by Gasteiger charge is -2.37. The summed E-state index contributed by atoms with van der Waals surface area (Å²) in [6.07, 6.45) is 3.95. The number of nitro groups is 1. The average Bonchev–Trinajstić information content (AvgIpc) is 2.42. The molecule has 1 unspecified atom stereocenters. The molecule has 0 radical (unpaired) electrons. The molecule has 1 atom stereocenters. The van der Waals surface area contributed by atoms with Crippen molar-refractivity contribution in [1.82, 2.24) is 0 Å². The number of nitrogens with zero attached hydrogens (tertiary/aromatic N) is 2. The molecule has 1 aromatic rings. The highest BCUT2D eigenvalue weighted by atomic mass is 35.5. The van der Waals surface area contributed by atoms with Crippen LogP contribution in [0.25, 0.3) is 0 Å². The first-order valence-electron chi connectivity index (χ1n) is 6.64. The summed E-state index contributed by atoms with van der Waals surface area (Å²) in [7, 11) is 0. The van der Waals surface area contributed by atoms with Crippen LogP contribution in [0.5, 0.6) is 0 Å². The highest BCUT2D eigenvalue weighted by Gasteiger charge is 2.28. The minimum absolute atomic E-state index is 0.00308. The molecular formula is C13H17Cl2N3O2. The number of rotatable bonds is 4. The second-order valence-electron chi connectivity index (χ2n) is 4.93. The topological polar surface area (TPSA) is 72.4 Å². The van der Waals surface area contributed by atoms with Crippen molar-refractivity contribution in [3.63, 3.8) is 0 Å². The molecule has 110 valence electrons. The summed E-state index contributed by atoms with van der Waals surface area (Å²) in [6, 6.07) is 3.15. The Hall–Kier alpha value is -1.04. The van der Waals surface area contributed by atoms with Crippen molar-refractivity contribution in [2.75, 3.05) is 18.0 Å². The predicted octanol–water partition coefficient (Wildman–Crippen LogP) is 3.61. The summed E-state index contributed by atoms with van der Waals surface area (Å²) < 4.78 is 0. The zero-order valence-electron chi connectivity index (χ0n) is 11.0. The van der Waals surface area contributed by atoms with Gasteiger partial charge in [-0.2, -0.15) is 0 Å². The van der Waals surface area contributed by atoms with Crippen molar-refractivity contribution in [2.45, 2.75) is 31.7 Å². The molecule has 2 N–H and O–H groups in total. The molecule has 0 saturated carbocycles. The molecular weight excluding hydrogens is 301 g/mol. The molecule has 0 bridgehead atoms. The van der Waals surface area contributed by atoms with Gasteiger partial charge in [0.05, 0.1) is 15.0 Å². The van der Waals surface area contributed by atoms with Gasteiger partial charge in [0.15, 0.2) is 0 Å². The van der Waals surface area contributed by atoms with Gasteiger partial charge in [0.2, 0.25) is 0 Å². The Balaban J connectivity index is 2.43. The van der Waals surface area contributed by atoms with Crippen LogP contribution < -0.4 is 10.6 Å². The molecule has 1 saturated heterocycles. The number of nitrogens with two attached hydrogens (primary N) is 1. The van der Waals surface area contributed by atoms with E-state index in [1.165, 1.54) is 6.07 Å². The monoisotopic (exact) mass is 317 g/mol. The van der Waals surface area contributed by atoms with E-state index in [1.54, 1.807) is 6.07 Å². The summed E-state index contributed by atoms with van der Waals surface area (Å²) in [5.74, 6) is 0. The molecule has 7 heteroatoms. The number of nitro benzene ring substituents is 1. The quantitative estimate of drug-likeness (QED) is 0.680. The van der Waals surface area contributed by atoms with Crippen LogP contribution in [0.2, 0.25) is 10.0 Å². The van der Waals surface area contributed by atoms with Gasteiger partial charge in [-0.25, -0.2) is 0 Å². The van der Waals surface area contributed by atoms with Crippen LogP contribution in [0.4, 0.5) is 11.4 Å². The zero-order valence-corrected chi connectivity index (χ0v) is 12.5. The van der Waals surface area contributed by atoms with Crippen LogP contribution in [-0.2, 0) is 0 Å². The molecule has 0 aromatic heterocycles. The average molecular weight is 318 g/mol. The molecule has 1 fully saturated rings. The van der Waals surface area contributed by atoms with Crippen LogP contribution in [-0.4, -0.2) is 24.1 Å². The maximum absolute atomic E-state index is 11.2. The fraction of sp³-hybridized carbons (Fsp3) is 0.538. The first-order chi connectivity index (χ1) is 9.54. The standard InChI is InChI=1S/C13H17Cl2N3O2/c14-10-7-12(13(18(19)20)8-11(10)15)17-6-2-1-3-9(17)4-5-16/h7-9H,1-6,16H2. The van der Waals surface area contributed by atoms with Crippen LogP contribution in [0.1, 0.15) is 25.7 Å². The normalized spacial score (nSPS) is 19.1. The van der Waals surface area contributed by atoms with E-state index in [0.717, 1.165) is 32.2 Å². The minimum atomic E-state index is -0.411. The highest BCUT2D eigenvalue weighted by Crippen LogP contribution is 2.39. The Morgan fingerprint density at radius 1 is 1.35 bits per heavy atom. The first-order valence-corrected chi connectivity index (χ1v) is 7.40.